The molecule has 0 aromatic rings. The van der Waals surface area contributed by atoms with Gasteiger partial charge in [-0.2, -0.15) is 0 Å². The standard InChI is InChI=1S/C5H6O9/c6-2(13-14-4(9)10)1-5(11,12)3(7)8/h11-12H,1H2,(H,7,8)(H,9,10). The molecule has 0 bridgehead atoms. The molecule has 0 aromatic carbocycles. The molecule has 0 radical (unpaired) electrons. The minimum absolute atomic E-state index is 1.37. The maximum Gasteiger partial charge on any atom is 0.547 e. The van der Waals surface area contributed by atoms with Crippen LogP contribution < -0.4 is 0 Å². The average molecular weight is 210 g/mol. The van der Waals surface area contributed by atoms with Gasteiger partial charge in [0.2, 0.25) is 0 Å². The quantitative estimate of drug-likeness (QED) is 0.242. The smallest absolute Gasteiger partial charge is 0.477 e. The lowest BCUT2D eigenvalue weighted by Gasteiger charge is -2.13. The van der Waals surface area contributed by atoms with Crippen LogP contribution in [0.2, 0.25) is 0 Å². The lowest BCUT2D eigenvalue weighted by atomic mass is 10.2. The van der Waals surface area contributed by atoms with Crippen molar-refractivity contribution in [1.82, 2.24) is 0 Å². The first kappa shape index (κ1) is 12.1. The van der Waals surface area contributed by atoms with E-state index in [4.69, 9.17) is 20.4 Å². The van der Waals surface area contributed by atoms with Gasteiger partial charge in [0, 0.05) is 0 Å². The van der Waals surface area contributed by atoms with Crippen LogP contribution in [0.1, 0.15) is 6.42 Å². The van der Waals surface area contributed by atoms with E-state index < -0.39 is 30.3 Å². The van der Waals surface area contributed by atoms with E-state index in [0.717, 1.165) is 0 Å². The molecule has 0 aliphatic rings. The fourth-order valence-electron chi connectivity index (χ4n) is 0.388. The van der Waals surface area contributed by atoms with Gasteiger partial charge in [-0.1, -0.05) is 0 Å². The second kappa shape index (κ2) is 4.39. The number of carbonyl (C=O) groups excluding carboxylic acids is 1. The lowest BCUT2D eigenvalue weighted by Crippen LogP contribution is -2.40. The Morgan fingerprint density at radius 3 is 1.93 bits per heavy atom. The van der Waals surface area contributed by atoms with E-state index in [1.807, 2.05) is 0 Å². The third-order valence-electron chi connectivity index (χ3n) is 0.939. The van der Waals surface area contributed by atoms with Crippen molar-refractivity contribution in [2.45, 2.75) is 12.2 Å². The van der Waals surface area contributed by atoms with Crippen molar-refractivity contribution < 1.29 is 44.6 Å². The summed E-state index contributed by atoms with van der Waals surface area (Å²) in [5.74, 6) is -6.96. The molecule has 0 atom stereocenters. The van der Waals surface area contributed by atoms with Crippen LogP contribution in [0.25, 0.3) is 0 Å². The molecule has 80 valence electrons. The minimum Gasteiger partial charge on any atom is -0.477 e. The van der Waals surface area contributed by atoms with Gasteiger partial charge in [-0.3, -0.25) is 0 Å². The van der Waals surface area contributed by atoms with E-state index in [9.17, 15) is 14.4 Å². The highest BCUT2D eigenvalue weighted by Gasteiger charge is 2.37. The molecule has 14 heavy (non-hydrogen) atoms. The van der Waals surface area contributed by atoms with Crippen LogP contribution in [-0.2, 0) is 19.4 Å². The molecule has 0 saturated heterocycles. The van der Waals surface area contributed by atoms with Gasteiger partial charge in [0.15, 0.2) is 0 Å². The second-order valence-electron chi connectivity index (χ2n) is 2.10. The van der Waals surface area contributed by atoms with Gasteiger partial charge in [-0.25, -0.2) is 24.2 Å². The Balaban J connectivity index is 4.06. The summed E-state index contributed by atoms with van der Waals surface area (Å²) < 4.78 is 0. The predicted octanol–water partition coefficient (Wildman–Crippen LogP) is -1.71. The summed E-state index contributed by atoms with van der Waals surface area (Å²) in [6.45, 7) is 0. The number of hydrogen-bond donors (Lipinski definition) is 4. The summed E-state index contributed by atoms with van der Waals surface area (Å²) in [5.41, 5.74) is 0. The highest BCUT2D eigenvalue weighted by molar-refractivity contribution is 5.82. The second-order valence-corrected chi connectivity index (χ2v) is 2.10. The van der Waals surface area contributed by atoms with Crippen molar-refractivity contribution >= 4 is 18.1 Å². The highest BCUT2D eigenvalue weighted by atomic mass is 17.2. The third kappa shape index (κ3) is 4.23. The number of carboxylic acid groups (broad SMARTS) is 2. The van der Waals surface area contributed by atoms with E-state index in [2.05, 4.69) is 9.78 Å². The van der Waals surface area contributed by atoms with Gasteiger partial charge >= 0.3 is 18.1 Å². The Morgan fingerprint density at radius 1 is 1.07 bits per heavy atom. The van der Waals surface area contributed by atoms with Crippen molar-refractivity contribution in [2.24, 2.45) is 0 Å². The molecular weight excluding hydrogens is 204 g/mol. The van der Waals surface area contributed by atoms with E-state index in [1.54, 1.807) is 0 Å². The summed E-state index contributed by atoms with van der Waals surface area (Å²) in [7, 11) is 0. The number of rotatable bonds is 3. The fraction of sp³-hybridized carbons (Fsp3) is 0.400. The SMILES string of the molecule is O=C(O)OOC(=O)CC(O)(O)C(=O)O. The van der Waals surface area contributed by atoms with Crippen LogP contribution >= 0.6 is 0 Å². The summed E-state index contributed by atoms with van der Waals surface area (Å²) in [6, 6.07) is 0. The van der Waals surface area contributed by atoms with Gasteiger partial charge in [0.25, 0.3) is 5.79 Å². The summed E-state index contributed by atoms with van der Waals surface area (Å²) in [5, 5.41) is 33.1. The molecule has 9 heteroatoms. The van der Waals surface area contributed by atoms with Crippen molar-refractivity contribution in [1.29, 1.82) is 0 Å². The molecule has 4 N–H and O–H groups in total. The molecule has 0 fully saturated rings. The zero-order chi connectivity index (χ0) is 11.4. The molecule has 0 aromatic heterocycles. The molecule has 0 unspecified atom stereocenters. The minimum atomic E-state index is -3.32. The number of hydrogen-bond acceptors (Lipinski definition) is 7. The fourth-order valence-corrected chi connectivity index (χ4v) is 0.388. The first-order chi connectivity index (χ1) is 6.25. The molecule has 0 amide bonds. The lowest BCUT2D eigenvalue weighted by molar-refractivity contribution is -0.253. The van der Waals surface area contributed by atoms with Gasteiger partial charge < -0.3 is 20.4 Å². The molecular formula is C5H6O9. The molecule has 0 aliphatic heterocycles. The average Bonchev–Trinajstić information content (AvgIpc) is 1.99. The van der Waals surface area contributed by atoms with Crippen LogP contribution in [-0.4, -0.2) is 44.3 Å². The highest BCUT2D eigenvalue weighted by Crippen LogP contribution is 2.07. The molecule has 0 saturated carbocycles. The monoisotopic (exact) mass is 210 g/mol. The number of carbonyl (C=O) groups is 3. The van der Waals surface area contributed by atoms with Gasteiger partial charge in [0.1, 0.15) is 6.42 Å². The Morgan fingerprint density at radius 2 is 1.57 bits per heavy atom. The van der Waals surface area contributed by atoms with Crippen molar-refractivity contribution in [3.8, 4) is 0 Å². The summed E-state index contributed by atoms with van der Waals surface area (Å²) >= 11 is 0. The topological polar surface area (TPSA) is 151 Å². The van der Waals surface area contributed by atoms with E-state index in [1.165, 1.54) is 0 Å². The van der Waals surface area contributed by atoms with Crippen LogP contribution in [0, 0.1) is 0 Å². The zero-order valence-corrected chi connectivity index (χ0v) is 6.54. The number of aliphatic carboxylic acids is 1. The summed E-state index contributed by atoms with van der Waals surface area (Å²) in [6.07, 6.45) is -3.30. The number of aliphatic hydroxyl groups is 2. The summed E-state index contributed by atoms with van der Waals surface area (Å²) in [4.78, 5) is 36.9. The first-order valence-electron chi connectivity index (χ1n) is 3.04. The van der Waals surface area contributed by atoms with Gasteiger partial charge in [-0.15, -0.1) is 0 Å². The van der Waals surface area contributed by atoms with Crippen molar-refractivity contribution in [2.75, 3.05) is 0 Å². The number of carboxylic acids is 1. The Kier molecular flexibility index (Phi) is 3.80. The third-order valence-corrected chi connectivity index (χ3v) is 0.939. The van der Waals surface area contributed by atoms with Gasteiger partial charge in [-0.05, 0) is 0 Å². The Labute approximate surface area is 76.0 Å². The van der Waals surface area contributed by atoms with Crippen LogP contribution in [0.15, 0.2) is 0 Å². The Hall–Kier alpha value is -1.87. The van der Waals surface area contributed by atoms with E-state index in [-0.39, 0.29) is 0 Å². The molecule has 0 heterocycles. The Bertz CT molecular complexity index is 254. The van der Waals surface area contributed by atoms with Crippen LogP contribution in [0.5, 0.6) is 0 Å². The first-order valence-corrected chi connectivity index (χ1v) is 3.04. The zero-order valence-electron chi connectivity index (χ0n) is 6.54. The van der Waals surface area contributed by atoms with Crippen LogP contribution in [0.3, 0.4) is 0 Å². The van der Waals surface area contributed by atoms with E-state index in [0.29, 0.717) is 0 Å². The molecule has 0 spiro atoms. The van der Waals surface area contributed by atoms with E-state index >= 15 is 0 Å². The maximum atomic E-state index is 10.5. The van der Waals surface area contributed by atoms with Crippen molar-refractivity contribution in [3.05, 3.63) is 0 Å². The molecule has 9 nitrogen and oxygen atoms in total. The molecule has 0 aliphatic carbocycles. The predicted molar refractivity (Wildman–Crippen MR) is 34.6 cm³/mol. The van der Waals surface area contributed by atoms with Gasteiger partial charge in [0.05, 0.1) is 0 Å². The largest absolute Gasteiger partial charge is 0.547 e. The van der Waals surface area contributed by atoms with Crippen LogP contribution in [0.4, 0.5) is 4.79 Å². The maximum absolute atomic E-state index is 10.5. The molecule has 0 rings (SSSR count). The normalized spacial score (nSPS) is 10.4. The van der Waals surface area contributed by atoms with Crippen molar-refractivity contribution in [3.63, 3.8) is 0 Å².